The minimum Gasteiger partial charge on any atom is -0.507 e. The molecule has 0 atom stereocenters. The van der Waals surface area contributed by atoms with Crippen LogP contribution in [0.2, 0.25) is 0 Å². The van der Waals surface area contributed by atoms with Gasteiger partial charge in [-0.1, -0.05) is 65.7 Å². The van der Waals surface area contributed by atoms with E-state index in [1.54, 1.807) is 0 Å². The van der Waals surface area contributed by atoms with Gasteiger partial charge in [0.05, 0.1) is 39.6 Å². The molecule has 11 heteroatoms. The van der Waals surface area contributed by atoms with Crippen molar-refractivity contribution in [3.05, 3.63) is 93.5 Å². The van der Waals surface area contributed by atoms with Gasteiger partial charge in [0, 0.05) is 55.0 Å². The van der Waals surface area contributed by atoms with Gasteiger partial charge in [-0.25, -0.2) is 0 Å². The van der Waals surface area contributed by atoms with Gasteiger partial charge in [-0.3, -0.25) is 14.7 Å². The van der Waals surface area contributed by atoms with Gasteiger partial charge in [0.2, 0.25) is 0 Å². The number of aliphatic hydroxyl groups is 4. The minimum atomic E-state index is -0.705. The molecule has 3 aromatic rings. The van der Waals surface area contributed by atoms with Crippen LogP contribution in [-0.2, 0) is 42.3 Å². The third kappa shape index (κ3) is 12.3. The van der Waals surface area contributed by atoms with Crippen molar-refractivity contribution in [1.29, 1.82) is 0 Å². The fraction of sp³-hybridized carbons (Fsp3) is 0.538. The molecule has 6 N–H and O–H groups in total. The van der Waals surface area contributed by atoms with Crippen LogP contribution in [0.1, 0.15) is 51.8 Å². The van der Waals surface area contributed by atoms with E-state index in [4.69, 9.17) is 9.47 Å². The lowest BCUT2D eigenvalue weighted by Crippen LogP contribution is -2.36. The monoisotopic (exact) mass is 695 g/mol. The van der Waals surface area contributed by atoms with Crippen molar-refractivity contribution in [3.8, 4) is 11.5 Å². The first kappa shape index (κ1) is 39.7. The molecule has 0 aromatic heterocycles. The van der Waals surface area contributed by atoms with E-state index in [0.29, 0.717) is 24.2 Å². The lowest BCUT2D eigenvalue weighted by Gasteiger charge is -2.28. The Morgan fingerprint density at radius 2 is 0.920 bits per heavy atom. The largest absolute Gasteiger partial charge is 0.507 e. The molecule has 1 fully saturated rings. The molecule has 1 heterocycles. The van der Waals surface area contributed by atoms with E-state index < -0.39 is 12.2 Å². The predicted octanol–water partition coefficient (Wildman–Crippen LogP) is 3.05. The number of benzene rings is 3. The van der Waals surface area contributed by atoms with Crippen molar-refractivity contribution in [2.75, 3.05) is 65.7 Å². The third-order valence-corrected chi connectivity index (χ3v) is 9.25. The van der Waals surface area contributed by atoms with Crippen molar-refractivity contribution in [2.24, 2.45) is 0 Å². The Bertz CT molecular complexity index is 1350. The van der Waals surface area contributed by atoms with Crippen LogP contribution in [0.15, 0.2) is 54.6 Å². The topological polar surface area (TPSA) is 150 Å². The molecule has 0 aliphatic carbocycles. The Hall–Kier alpha value is -3.10. The molecule has 3 aromatic carbocycles. The van der Waals surface area contributed by atoms with Crippen LogP contribution >= 0.6 is 0 Å². The number of phenolic OH excluding ortho intramolecular Hbond substituents is 2. The second-order valence-corrected chi connectivity index (χ2v) is 13.5. The van der Waals surface area contributed by atoms with Crippen molar-refractivity contribution >= 4 is 0 Å². The molecule has 0 bridgehead atoms. The highest BCUT2D eigenvalue weighted by Gasteiger charge is 2.20. The number of aliphatic hydroxyl groups excluding tert-OH is 4. The number of hydrogen-bond acceptors (Lipinski definition) is 11. The summed E-state index contributed by atoms with van der Waals surface area (Å²) in [6, 6.07) is 18.3. The maximum absolute atomic E-state index is 11.3. The number of ether oxygens (including phenoxy) is 2. The lowest BCUT2D eigenvalue weighted by molar-refractivity contribution is -0.0290. The lowest BCUT2D eigenvalue weighted by atomic mass is 10.0. The van der Waals surface area contributed by atoms with Gasteiger partial charge in [-0.2, -0.15) is 0 Å². The minimum absolute atomic E-state index is 0.0855. The molecule has 1 aliphatic rings. The molecule has 11 nitrogen and oxygen atoms in total. The maximum atomic E-state index is 11.3. The molecule has 0 unspecified atom stereocenters. The summed E-state index contributed by atoms with van der Waals surface area (Å²) in [5.74, 6) is 0.345. The zero-order valence-electron chi connectivity index (χ0n) is 29.7. The van der Waals surface area contributed by atoms with E-state index in [-0.39, 0.29) is 51.1 Å². The summed E-state index contributed by atoms with van der Waals surface area (Å²) in [6.45, 7) is 9.97. The number of aryl methyl sites for hydroxylation is 2. The maximum Gasteiger partial charge on any atom is 0.125 e. The van der Waals surface area contributed by atoms with Crippen LogP contribution in [-0.4, -0.2) is 123 Å². The highest BCUT2D eigenvalue weighted by Crippen LogP contribution is 2.29. The standard InChI is InChI=1S/C39H57N3O8/c1-29-16-32(38(47)34(18-29)27-49-36(23-43)24-44)21-41-12-6-10-40(20-31-8-4-3-5-9-31)11-7-13-42(15-14-41)22-33-17-30(2)19-35(39(33)48)28-50-37(25-45)26-46/h3-5,8-9,16-19,36-37,43-48H,6-7,10-15,20-28H2,1-2H3. The number of nitrogens with zero attached hydrogens (tertiary/aromatic N) is 3. The SMILES string of the molecule is Cc1cc(COC(CO)CO)c(O)c(CN2CCCN(Cc3ccccc3)CCCN(Cc3cc(C)cc(COC(CO)CO)c3O)CC2)c1. The zero-order chi connectivity index (χ0) is 35.9. The Morgan fingerprint density at radius 3 is 1.32 bits per heavy atom. The van der Waals surface area contributed by atoms with Gasteiger partial charge in [0.1, 0.15) is 23.7 Å². The molecule has 0 spiro atoms. The first-order chi connectivity index (χ1) is 24.2. The van der Waals surface area contributed by atoms with Gasteiger partial charge in [0.15, 0.2) is 0 Å². The van der Waals surface area contributed by atoms with E-state index in [2.05, 4.69) is 39.0 Å². The van der Waals surface area contributed by atoms with Gasteiger partial charge in [0.25, 0.3) is 0 Å². The van der Waals surface area contributed by atoms with Gasteiger partial charge in [-0.15, -0.1) is 0 Å². The second kappa shape index (κ2) is 20.7. The zero-order valence-corrected chi connectivity index (χ0v) is 29.7. The Kier molecular flexibility index (Phi) is 16.4. The third-order valence-electron chi connectivity index (χ3n) is 9.25. The molecule has 0 radical (unpaired) electrons. The Morgan fingerprint density at radius 1 is 0.540 bits per heavy atom. The normalized spacial score (nSPS) is 15.9. The molecular weight excluding hydrogens is 638 g/mol. The number of rotatable bonds is 16. The van der Waals surface area contributed by atoms with Crippen LogP contribution in [0.3, 0.4) is 0 Å². The smallest absolute Gasteiger partial charge is 0.125 e. The summed E-state index contributed by atoms with van der Waals surface area (Å²) in [5.41, 5.74) is 6.13. The van der Waals surface area contributed by atoms with Crippen LogP contribution < -0.4 is 0 Å². The summed E-state index contributed by atoms with van der Waals surface area (Å²) >= 11 is 0. The van der Waals surface area contributed by atoms with Gasteiger partial charge >= 0.3 is 0 Å². The molecule has 0 amide bonds. The molecular formula is C39H57N3O8. The Labute approximate surface area is 296 Å². The average Bonchev–Trinajstić information content (AvgIpc) is 3.15. The molecule has 1 saturated heterocycles. The van der Waals surface area contributed by atoms with Crippen molar-refractivity contribution in [2.45, 2.75) is 71.7 Å². The summed E-state index contributed by atoms with van der Waals surface area (Å²) in [7, 11) is 0. The summed E-state index contributed by atoms with van der Waals surface area (Å²) in [6.07, 6.45) is 0.524. The van der Waals surface area contributed by atoms with Crippen LogP contribution in [0.4, 0.5) is 0 Å². The van der Waals surface area contributed by atoms with Crippen molar-refractivity contribution in [3.63, 3.8) is 0 Å². The predicted molar refractivity (Wildman–Crippen MR) is 193 cm³/mol. The highest BCUT2D eigenvalue weighted by molar-refractivity contribution is 5.44. The quantitative estimate of drug-likeness (QED) is 0.131. The molecule has 0 saturated carbocycles. The molecule has 50 heavy (non-hydrogen) atoms. The molecule has 4 rings (SSSR count). The van der Waals surface area contributed by atoms with E-state index in [0.717, 1.165) is 80.9 Å². The van der Waals surface area contributed by atoms with E-state index >= 15 is 0 Å². The first-order valence-corrected chi connectivity index (χ1v) is 17.7. The summed E-state index contributed by atoms with van der Waals surface area (Å²) < 4.78 is 11.3. The van der Waals surface area contributed by atoms with Crippen molar-refractivity contribution < 1.29 is 40.1 Å². The highest BCUT2D eigenvalue weighted by atomic mass is 16.5. The Balaban J connectivity index is 1.54. The van der Waals surface area contributed by atoms with Crippen molar-refractivity contribution in [1.82, 2.24) is 14.7 Å². The van der Waals surface area contributed by atoms with E-state index in [9.17, 15) is 30.6 Å². The number of aromatic hydroxyl groups is 2. The van der Waals surface area contributed by atoms with Crippen LogP contribution in [0.5, 0.6) is 11.5 Å². The average molecular weight is 696 g/mol. The summed E-state index contributed by atoms with van der Waals surface area (Å²) in [5, 5.41) is 60.3. The van der Waals surface area contributed by atoms with Crippen LogP contribution in [0.25, 0.3) is 0 Å². The van der Waals surface area contributed by atoms with Crippen LogP contribution in [0, 0.1) is 13.8 Å². The van der Waals surface area contributed by atoms with Gasteiger partial charge in [-0.05, 0) is 58.4 Å². The second-order valence-electron chi connectivity index (χ2n) is 13.5. The fourth-order valence-electron chi connectivity index (χ4n) is 6.52. The van der Waals surface area contributed by atoms with E-state index in [1.807, 2.05) is 44.2 Å². The first-order valence-electron chi connectivity index (χ1n) is 17.7. The molecule has 1 aliphatic heterocycles. The summed E-state index contributed by atoms with van der Waals surface area (Å²) in [4.78, 5) is 7.26. The number of hydrogen-bond donors (Lipinski definition) is 6. The number of phenols is 2. The molecule has 276 valence electrons. The van der Waals surface area contributed by atoms with Gasteiger partial charge < -0.3 is 40.1 Å². The van der Waals surface area contributed by atoms with E-state index in [1.165, 1.54) is 5.56 Å². The fourth-order valence-corrected chi connectivity index (χ4v) is 6.52.